The van der Waals surface area contributed by atoms with Gasteiger partial charge in [-0.1, -0.05) is 24.3 Å². The Morgan fingerprint density at radius 1 is 0.905 bits per heavy atom. The van der Waals surface area contributed by atoms with Gasteiger partial charge in [0.15, 0.2) is 5.13 Å². The summed E-state index contributed by atoms with van der Waals surface area (Å²) in [6.45, 7) is 4.13. The van der Waals surface area contributed by atoms with Crippen LogP contribution in [-0.4, -0.2) is 105 Å². The Kier molecular flexibility index (Phi) is 12.7. The maximum Gasteiger partial charge on any atom is 0.264 e. The SMILES string of the molecule is CC(C)(C(=O)NCCCCCNc1cccc2c1C(=O)N(C1CCC(=O)NC1=O)C2=O)n1ccc(-c2cccc(-c3csc(NC(=O)CNC(=O)c4ccn(S(C)(=O)=O)c4)n3)c2)n1. The number of aromatic nitrogens is 4. The average molecular weight is 897 g/mol. The molecule has 0 saturated carbocycles. The second kappa shape index (κ2) is 18.2. The van der Waals surface area contributed by atoms with Gasteiger partial charge in [-0.15, -0.1) is 11.3 Å². The minimum absolute atomic E-state index is 0.0440. The number of hydrogen-bond donors (Lipinski definition) is 5. The van der Waals surface area contributed by atoms with E-state index in [0.717, 1.165) is 32.7 Å². The zero-order chi connectivity index (χ0) is 45.1. The maximum absolute atomic E-state index is 13.4. The lowest BCUT2D eigenvalue weighted by atomic mass is 10.0. The number of carbonyl (C=O) groups excluding carboxylic acids is 7. The minimum Gasteiger partial charge on any atom is -0.384 e. The molecule has 2 aliphatic rings. The molecule has 0 spiro atoms. The number of benzene rings is 2. The molecule has 2 aromatic carbocycles. The second-order valence-electron chi connectivity index (χ2n) is 15.5. The van der Waals surface area contributed by atoms with Crippen LogP contribution < -0.4 is 26.6 Å². The van der Waals surface area contributed by atoms with E-state index in [0.29, 0.717) is 48.1 Å². The van der Waals surface area contributed by atoms with Crippen molar-refractivity contribution in [3.63, 3.8) is 0 Å². The van der Waals surface area contributed by atoms with Crippen LogP contribution in [0.4, 0.5) is 10.8 Å². The van der Waals surface area contributed by atoms with Crippen molar-refractivity contribution in [1.29, 1.82) is 0 Å². The fourth-order valence-corrected chi connectivity index (χ4v) is 8.39. The first-order chi connectivity index (χ1) is 30.0. The summed E-state index contributed by atoms with van der Waals surface area (Å²) in [6, 6.07) is 14.6. The Morgan fingerprint density at radius 2 is 1.65 bits per heavy atom. The highest BCUT2D eigenvalue weighted by molar-refractivity contribution is 7.89. The van der Waals surface area contributed by atoms with Crippen molar-refractivity contribution in [1.82, 2.24) is 39.6 Å². The van der Waals surface area contributed by atoms with Crippen LogP contribution in [0.5, 0.6) is 0 Å². The van der Waals surface area contributed by atoms with Crippen molar-refractivity contribution in [3.05, 3.63) is 95.3 Å². The largest absolute Gasteiger partial charge is 0.384 e. The smallest absolute Gasteiger partial charge is 0.264 e. The summed E-state index contributed by atoms with van der Waals surface area (Å²) < 4.78 is 25.8. The van der Waals surface area contributed by atoms with E-state index in [9.17, 15) is 42.0 Å². The van der Waals surface area contributed by atoms with Crippen molar-refractivity contribution in [3.8, 4) is 22.5 Å². The van der Waals surface area contributed by atoms with Gasteiger partial charge >= 0.3 is 0 Å². The average Bonchev–Trinajstić information content (AvgIpc) is 4.08. The van der Waals surface area contributed by atoms with Crippen molar-refractivity contribution < 1.29 is 42.0 Å². The number of fused-ring (bicyclic) bond motifs is 1. The Hall–Kier alpha value is -7.00. The topological polar surface area (TPSA) is 253 Å². The Balaban J connectivity index is 0.855. The van der Waals surface area contributed by atoms with Gasteiger partial charge in [0.2, 0.25) is 33.7 Å². The van der Waals surface area contributed by atoms with E-state index in [4.69, 9.17) is 5.10 Å². The first-order valence-electron chi connectivity index (χ1n) is 20.0. The fourth-order valence-electron chi connectivity index (χ4n) is 7.07. The van der Waals surface area contributed by atoms with E-state index in [1.165, 1.54) is 29.8 Å². The van der Waals surface area contributed by atoms with Crippen LogP contribution in [0, 0.1) is 0 Å². The second-order valence-corrected chi connectivity index (χ2v) is 18.2. The Morgan fingerprint density at radius 3 is 2.40 bits per heavy atom. The monoisotopic (exact) mass is 896 g/mol. The summed E-state index contributed by atoms with van der Waals surface area (Å²) >= 11 is 1.21. The molecule has 2 aliphatic heterocycles. The number of thiazole rings is 1. The molecular weight excluding hydrogens is 853 g/mol. The van der Waals surface area contributed by atoms with E-state index in [2.05, 4.69) is 31.6 Å². The number of unbranched alkanes of at least 4 members (excludes halogenated alkanes) is 2. The molecule has 1 atom stereocenters. The van der Waals surface area contributed by atoms with Crippen LogP contribution in [0.2, 0.25) is 0 Å². The standard InChI is InChI=1S/C42H44N10O9S2/c1-42(2,40(59)44-18-6-4-5-17-43-30-12-8-11-28-35(30)39(58)52(38(28)57)32-13-14-33(53)47-37(32)56)51-20-16-29(49-51)25-9-7-10-26(21-25)31-24-62-41(46-31)48-34(54)22-45-36(55)27-15-19-50(23-27)63(3,60)61/h7-12,15-16,19-21,23-24,32,43H,4-6,13-14,17-18,22H2,1-3H3,(H,44,59)(H,45,55)(H,46,48,54)(H,47,53,56). The molecule has 21 heteroatoms. The zero-order valence-electron chi connectivity index (χ0n) is 34.5. The molecule has 7 rings (SSSR count). The number of imide groups is 2. The van der Waals surface area contributed by atoms with Gasteiger partial charge in [-0.2, -0.15) is 5.10 Å². The van der Waals surface area contributed by atoms with Gasteiger partial charge < -0.3 is 21.3 Å². The van der Waals surface area contributed by atoms with E-state index >= 15 is 0 Å². The van der Waals surface area contributed by atoms with Gasteiger partial charge in [0, 0.05) is 60.3 Å². The zero-order valence-corrected chi connectivity index (χ0v) is 36.1. The molecule has 0 bridgehead atoms. The van der Waals surface area contributed by atoms with Crippen molar-refractivity contribution in [2.75, 3.05) is 36.5 Å². The van der Waals surface area contributed by atoms with Crippen molar-refractivity contribution >= 4 is 73.5 Å². The molecule has 1 fully saturated rings. The van der Waals surface area contributed by atoms with Gasteiger partial charge in [0.1, 0.15) is 11.6 Å². The quantitative estimate of drug-likeness (QED) is 0.0667. The van der Waals surface area contributed by atoms with Gasteiger partial charge in [-0.25, -0.2) is 13.4 Å². The Labute approximate surface area is 365 Å². The number of hydrogen-bond acceptors (Lipinski definition) is 13. The highest BCUT2D eigenvalue weighted by Gasteiger charge is 2.45. The lowest BCUT2D eigenvalue weighted by Gasteiger charge is -2.27. The molecule has 63 heavy (non-hydrogen) atoms. The highest BCUT2D eigenvalue weighted by Crippen LogP contribution is 2.33. The number of rotatable bonds is 17. The number of nitrogens with one attached hydrogen (secondary N) is 5. The molecule has 3 aromatic heterocycles. The van der Waals surface area contributed by atoms with E-state index in [1.807, 2.05) is 30.3 Å². The number of carbonyl (C=O) groups is 7. The minimum atomic E-state index is -3.54. The van der Waals surface area contributed by atoms with Gasteiger partial charge in [0.05, 0.1) is 40.9 Å². The summed E-state index contributed by atoms with van der Waals surface area (Å²) in [5.41, 5.74) is 2.77. The van der Waals surface area contributed by atoms with Crippen LogP contribution in [0.3, 0.4) is 0 Å². The first kappa shape index (κ1) is 44.1. The number of piperidine rings is 1. The summed E-state index contributed by atoms with van der Waals surface area (Å²) in [5, 5.41) is 20.4. The molecule has 5 N–H and O–H groups in total. The van der Waals surface area contributed by atoms with Gasteiger partial charge in [0.25, 0.3) is 17.7 Å². The van der Waals surface area contributed by atoms with Gasteiger partial charge in [-0.05, 0) is 69.9 Å². The number of anilines is 2. The number of amides is 7. The molecule has 0 radical (unpaired) electrons. The number of nitrogens with zero attached hydrogens (tertiary/aromatic N) is 5. The Bertz CT molecular complexity index is 2750. The summed E-state index contributed by atoms with van der Waals surface area (Å²) in [5.74, 6) is -3.56. The van der Waals surface area contributed by atoms with Crippen LogP contribution in [0.15, 0.2) is 78.6 Å². The molecule has 5 heterocycles. The van der Waals surface area contributed by atoms with E-state index in [1.54, 1.807) is 48.3 Å². The van der Waals surface area contributed by atoms with Crippen LogP contribution in [0.25, 0.3) is 22.5 Å². The van der Waals surface area contributed by atoms with Crippen molar-refractivity contribution in [2.45, 2.75) is 57.5 Å². The predicted octanol–water partition coefficient (Wildman–Crippen LogP) is 3.19. The molecule has 5 aromatic rings. The molecular formula is C42H44N10O9S2. The molecule has 0 aliphatic carbocycles. The third-order valence-electron chi connectivity index (χ3n) is 10.6. The van der Waals surface area contributed by atoms with Crippen LogP contribution >= 0.6 is 11.3 Å². The fraction of sp³-hybridized carbons (Fsp3) is 0.310. The molecule has 7 amide bonds. The predicted molar refractivity (Wildman–Crippen MR) is 232 cm³/mol. The third kappa shape index (κ3) is 9.73. The van der Waals surface area contributed by atoms with E-state index < -0.39 is 57.0 Å². The first-order valence-corrected chi connectivity index (χ1v) is 22.7. The lowest BCUT2D eigenvalue weighted by molar-refractivity contribution is -0.136. The molecule has 19 nitrogen and oxygen atoms in total. The third-order valence-corrected chi connectivity index (χ3v) is 12.3. The normalized spacial score (nSPS) is 15.2. The maximum atomic E-state index is 13.4. The van der Waals surface area contributed by atoms with Gasteiger partial charge in [-0.3, -0.25) is 52.4 Å². The van der Waals surface area contributed by atoms with E-state index in [-0.39, 0.29) is 42.0 Å². The van der Waals surface area contributed by atoms with Crippen LogP contribution in [-0.2, 0) is 34.7 Å². The molecule has 1 saturated heterocycles. The summed E-state index contributed by atoms with van der Waals surface area (Å²) in [4.78, 5) is 94.3. The highest BCUT2D eigenvalue weighted by atomic mass is 32.2. The summed E-state index contributed by atoms with van der Waals surface area (Å²) in [6.07, 6.45) is 7.46. The van der Waals surface area contributed by atoms with Crippen LogP contribution in [0.1, 0.15) is 77.0 Å². The molecule has 1 unspecified atom stereocenters. The van der Waals surface area contributed by atoms with Crippen molar-refractivity contribution in [2.24, 2.45) is 0 Å². The lowest BCUT2D eigenvalue weighted by Crippen LogP contribution is -2.54. The summed E-state index contributed by atoms with van der Waals surface area (Å²) in [7, 11) is -3.54. The molecule has 328 valence electrons.